The molecule has 0 spiro atoms. The van der Waals surface area contributed by atoms with Crippen LogP contribution in [0.5, 0.6) is 0 Å². The quantitative estimate of drug-likeness (QED) is 0.798. The van der Waals surface area contributed by atoms with Crippen LogP contribution < -0.4 is 4.90 Å². The van der Waals surface area contributed by atoms with Gasteiger partial charge in [-0.3, -0.25) is 9.78 Å². The highest BCUT2D eigenvalue weighted by atomic mass is 16.1. The number of carbonyl (C=O) groups excluding carboxylic acids is 1. The van der Waals surface area contributed by atoms with E-state index < -0.39 is 0 Å². The first kappa shape index (κ1) is 12.7. The van der Waals surface area contributed by atoms with Gasteiger partial charge < -0.3 is 9.80 Å². The summed E-state index contributed by atoms with van der Waals surface area (Å²) in [7, 11) is 0. The lowest BCUT2D eigenvalue weighted by molar-refractivity contribution is -0.118. The van der Waals surface area contributed by atoms with Crippen LogP contribution in [-0.2, 0) is 4.79 Å². The van der Waals surface area contributed by atoms with Crippen molar-refractivity contribution in [3.63, 3.8) is 0 Å². The van der Waals surface area contributed by atoms with Crippen LogP contribution >= 0.6 is 0 Å². The smallest absolute Gasteiger partial charge is 0.209 e. The Bertz CT molecular complexity index is 577. The van der Waals surface area contributed by atoms with E-state index >= 15 is 0 Å². The molecule has 0 bridgehead atoms. The van der Waals surface area contributed by atoms with Crippen LogP contribution in [-0.4, -0.2) is 42.5 Å². The minimum absolute atomic E-state index is 0.770. The summed E-state index contributed by atoms with van der Waals surface area (Å²) in [6.45, 7) is 3.24. The molecule has 4 nitrogen and oxygen atoms in total. The average molecular weight is 267 g/mol. The van der Waals surface area contributed by atoms with Crippen molar-refractivity contribution in [1.82, 2.24) is 9.88 Å². The summed E-state index contributed by atoms with van der Waals surface area (Å²) in [5.41, 5.74) is 3.53. The van der Waals surface area contributed by atoms with Gasteiger partial charge in [0.05, 0.1) is 11.9 Å². The summed E-state index contributed by atoms with van der Waals surface area (Å²) in [4.78, 5) is 19.2. The van der Waals surface area contributed by atoms with E-state index in [1.165, 1.54) is 11.1 Å². The van der Waals surface area contributed by atoms with Gasteiger partial charge >= 0.3 is 0 Å². The molecule has 1 amide bonds. The minimum atomic E-state index is 0.770. The number of piperazine rings is 1. The fourth-order valence-electron chi connectivity index (χ4n) is 2.57. The molecule has 0 unspecified atom stereocenters. The van der Waals surface area contributed by atoms with Gasteiger partial charge in [0.15, 0.2) is 0 Å². The Morgan fingerprint density at radius 3 is 2.45 bits per heavy atom. The molecule has 1 aliphatic rings. The zero-order valence-electron chi connectivity index (χ0n) is 11.3. The Hall–Kier alpha value is -2.36. The Morgan fingerprint density at radius 2 is 1.75 bits per heavy atom. The number of hydrogen-bond donors (Lipinski definition) is 0. The zero-order chi connectivity index (χ0) is 13.8. The molecule has 0 aliphatic carbocycles. The van der Waals surface area contributed by atoms with E-state index in [9.17, 15) is 4.79 Å². The molecule has 1 fully saturated rings. The van der Waals surface area contributed by atoms with Gasteiger partial charge in [-0.15, -0.1) is 0 Å². The molecule has 1 saturated heterocycles. The summed E-state index contributed by atoms with van der Waals surface area (Å²) >= 11 is 0. The fraction of sp³-hybridized carbons (Fsp3) is 0.250. The van der Waals surface area contributed by atoms with E-state index in [1.54, 1.807) is 0 Å². The summed E-state index contributed by atoms with van der Waals surface area (Å²) in [5.74, 6) is 0. The predicted octanol–water partition coefficient (Wildman–Crippen LogP) is 2.03. The molecule has 0 N–H and O–H groups in total. The molecule has 102 valence electrons. The second-order valence-corrected chi connectivity index (χ2v) is 4.89. The van der Waals surface area contributed by atoms with Crippen molar-refractivity contribution in [2.24, 2.45) is 0 Å². The molecule has 1 aromatic carbocycles. The Labute approximate surface area is 118 Å². The zero-order valence-corrected chi connectivity index (χ0v) is 11.3. The maximum atomic E-state index is 10.8. The lowest BCUT2D eigenvalue weighted by Gasteiger charge is -2.35. The second kappa shape index (κ2) is 5.74. The van der Waals surface area contributed by atoms with Gasteiger partial charge in [0.1, 0.15) is 0 Å². The van der Waals surface area contributed by atoms with Crippen molar-refractivity contribution in [2.75, 3.05) is 31.1 Å². The molecule has 0 saturated carbocycles. The summed E-state index contributed by atoms with van der Waals surface area (Å²) in [6, 6.07) is 12.4. The highest BCUT2D eigenvalue weighted by Crippen LogP contribution is 2.30. The summed E-state index contributed by atoms with van der Waals surface area (Å²) < 4.78 is 0. The van der Waals surface area contributed by atoms with Gasteiger partial charge in [0.25, 0.3) is 0 Å². The molecule has 0 radical (unpaired) electrons. The number of anilines is 1. The maximum absolute atomic E-state index is 10.8. The van der Waals surface area contributed by atoms with Gasteiger partial charge in [-0.2, -0.15) is 0 Å². The summed E-state index contributed by atoms with van der Waals surface area (Å²) in [6.07, 6.45) is 4.67. The van der Waals surface area contributed by atoms with Gasteiger partial charge in [-0.1, -0.05) is 30.3 Å². The van der Waals surface area contributed by atoms with Crippen molar-refractivity contribution in [2.45, 2.75) is 0 Å². The SMILES string of the molecule is O=CN1CCN(c2cnccc2-c2ccccc2)CC1. The number of aromatic nitrogens is 1. The van der Waals surface area contributed by atoms with E-state index in [1.807, 2.05) is 35.5 Å². The van der Waals surface area contributed by atoms with E-state index in [0.717, 1.165) is 38.3 Å². The predicted molar refractivity (Wildman–Crippen MR) is 79.5 cm³/mol. The normalized spacial score (nSPS) is 15.2. The average Bonchev–Trinajstić information content (AvgIpc) is 2.56. The highest BCUT2D eigenvalue weighted by Gasteiger charge is 2.18. The van der Waals surface area contributed by atoms with Crippen molar-refractivity contribution in [3.8, 4) is 11.1 Å². The Morgan fingerprint density at radius 1 is 1.00 bits per heavy atom. The number of amides is 1. The number of carbonyl (C=O) groups is 1. The molecular formula is C16H17N3O. The van der Waals surface area contributed by atoms with E-state index in [0.29, 0.717) is 0 Å². The van der Waals surface area contributed by atoms with Crippen molar-refractivity contribution in [3.05, 3.63) is 48.8 Å². The molecule has 2 aromatic rings. The van der Waals surface area contributed by atoms with Crippen LogP contribution in [0, 0.1) is 0 Å². The van der Waals surface area contributed by atoms with Crippen molar-refractivity contribution in [1.29, 1.82) is 0 Å². The number of pyridine rings is 1. The van der Waals surface area contributed by atoms with Gasteiger partial charge in [0, 0.05) is 37.9 Å². The first-order valence-electron chi connectivity index (χ1n) is 6.82. The van der Waals surface area contributed by atoms with Crippen LogP contribution in [0.1, 0.15) is 0 Å². The maximum Gasteiger partial charge on any atom is 0.209 e. The fourth-order valence-corrected chi connectivity index (χ4v) is 2.57. The third kappa shape index (κ3) is 2.50. The largest absolute Gasteiger partial charge is 0.366 e. The van der Waals surface area contributed by atoms with Crippen LogP contribution in [0.2, 0.25) is 0 Å². The standard InChI is InChI=1S/C16H17N3O/c20-13-18-8-10-19(11-9-18)16-12-17-7-6-15(16)14-4-2-1-3-5-14/h1-7,12-13H,8-11H2. The lowest BCUT2D eigenvalue weighted by Crippen LogP contribution is -2.45. The lowest BCUT2D eigenvalue weighted by atomic mass is 10.0. The van der Waals surface area contributed by atoms with Crippen LogP contribution in [0.4, 0.5) is 5.69 Å². The van der Waals surface area contributed by atoms with Crippen LogP contribution in [0.3, 0.4) is 0 Å². The number of benzene rings is 1. The van der Waals surface area contributed by atoms with E-state index in [4.69, 9.17) is 0 Å². The molecule has 4 heteroatoms. The molecule has 1 aliphatic heterocycles. The van der Waals surface area contributed by atoms with Crippen LogP contribution in [0.25, 0.3) is 11.1 Å². The van der Waals surface area contributed by atoms with Gasteiger partial charge in [-0.05, 0) is 11.6 Å². The first-order chi connectivity index (χ1) is 9.88. The molecule has 2 heterocycles. The van der Waals surface area contributed by atoms with Crippen molar-refractivity contribution >= 4 is 12.1 Å². The molecule has 3 rings (SSSR count). The number of nitrogens with zero attached hydrogens (tertiary/aromatic N) is 3. The minimum Gasteiger partial charge on any atom is -0.366 e. The number of hydrogen-bond acceptors (Lipinski definition) is 3. The van der Waals surface area contributed by atoms with E-state index in [2.05, 4.69) is 28.1 Å². The Balaban J connectivity index is 1.89. The summed E-state index contributed by atoms with van der Waals surface area (Å²) in [5, 5.41) is 0. The molecular weight excluding hydrogens is 250 g/mol. The van der Waals surface area contributed by atoms with Gasteiger partial charge in [0.2, 0.25) is 6.41 Å². The first-order valence-corrected chi connectivity index (χ1v) is 6.82. The molecule has 0 atom stereocenters. The molecule has 1 aromatic heterocycles. The monoisotopic (exact) mass is 267 g/mol. The number of rotatable bonds is 3. The van der Waals surface area contributed by atoms with Crippen molar-refractivity contribution < 1.29 is 4.79 Å². The van der Waals surface area contributed by atoms with E-state index in [-0.39, 0.29) is 0 Å². The topological polar surface area (TPSA) is 36.4 Å². The third-order valence-electron chi connectivity index (χ3n) is 3.69. The molecule has 20 heavy (non-hydrogen) atoms. The van der Waals surface area contributed by atoms with Crippen LogP contribution in [0.15, 0.2) is 48.8 Å². The third-order valence-corrected chi connectivity index (χ3v) is 3.69. The van der Waals surface area contributed by atoms with Gasteiger partial charge in [-0.25, -0.2) is 0 Å². The highest BCUT2D eigenvalue weighted by molar-refractivity contribution is 5.78. The second-order valence-electron chi connectivity index (χ2n) is 4.89. The Kier molecular flexibility index (Phi) is 3.63.